The number of carboxylic acid groups (broad SMARTS) is 1. The fourth-order valence-corrected chi connectivity index (χ4v) is 3.62. The zero-order valence-corrected chi connectivity index (χ0v) is 14.1. The van der Waals surface area contributed by atoms with Crippen molar-refractivity contribution >= 4 is 35.2 Å². The van der Waals surface area contributed by atoms with Gasteiger partial charge in [-0.2, -0.15) is 11.8 Å². The second-order valence-corrected chi connectivity index (χ2v) is 7.43. The Morgan fingerprint density at radius 2 is 1.75 bits per heavy atom. The summed E-state index contributed by atoms with van der Waals surface area (Å²) in [6.45, 7) is 1.60. The highest BCUT2D eigenvalue weighted by Crippen LogP contribution is 2.46. The van der Waals surface area contributed by atoms with Gasteiger partial charge in [-0.3, -0.25) is 14.4 Å². The molecule has 6 nitrogen and oxygen atoms in total. The van der Waals surface area contributed by atoms with Crippen molar-refractivity contribution in [2.75, 3.05) is 29.9 Å². The molecule has 2 N–H and O–H groups in total. The third-order valence-electron chi connectivity index (χ3n) is 4.52. The van der Waals surface area contributed by atoms with Crippen molar-refractivity contribution in [2.45, 2.75) is 19.3 Å². The lowest BCUT2D eigenvalue weighted by Crippen LogP contribution is -2.38. The standard InChI is InChI=1S/C17H20N2O4S/c20-14(19-7-9-24-10-8-19)11-12-1-3-13(4-2-12)18-15(21)17(5-6-17)16(22)23/h1-4H,5-11H2,(H,18,21)(H,22,23). The molecule has 1 aliphatic carbocycles. The zero-order chi connectivity index (χ0) is 17.2. The largest absolute Gasteiger partial charge is 0.480 e. The average Bonchev–Trinajstić information content (AvgIpc) is 3.39. The fraction of sp³-hybridized carbons (Fsp3) is 0.471. The lowest BCUT2D eigenvalue weighted by molar-refractivity contribution is -0.147. The van der Waals surface area contributed by atoms with Gasteiger partial charge in [0.1, 0.15) is 5.41 Å². The second kappa shape index (κ2) is 6.84. The summed E-state index contributed by atoms with van der Waals surface area (Å²) in [6.07, 6.45) is 1.11. The number of hydrogen-bond acceptors (Lipinski definition) is 4. The third-order valence-corrected chi connectivity index (χ3v) is 5.47. The molecule has 0 spiro atoms. The van der Waals surface area contributed by atoms with E-state index in [0.29, 0.717) is 24.9 Å². The lowest BCUT2D eigenvalue weighted by atomic mass is 10.1. The number of aliphatic carboxylic acids is 1. The molecular formula is C17H20N2O4S. The summed E-state index contributed by atoms with van der Waals surface area (Å²) in [6, 6.07) is 7.02. The quantitative estimate of drug-likeness (QED) is 0.790. The minimum atomic E-state index is -1.25. The summed E-state index contributed by atoms with van der Waals surface area (Å²) in [4.78, 5) is 37.3. The summed E-state index contributed by atoms with van der Waals surface area (Å²) in [5, 5.41) is 11.8. The van der Waals surface area contributed by atoms with Gasteiger partial charge in [0, 0.05) is 30.3 Å². The van der Waals surface area contributed by atoms with Gasteiger partial charge in [0.25, 0.3) is 0 Å². The Morgan fingerprint density at radius 1 is 1.12 bits per heavy atom. The summed E-state index contributed by atoms with van der Waals surface area (Å²) in [7, 11) is 0. The van der Waals surface area contributed by atoms with Crippen LogP contribution in [-0.2, 0) is 20.8 Å². The number of carboxylic acids is 1. The minimum absolute atomic E-state index is 0.120. The van der Waals surface area contributed by atoms with E-state index in [-0.39, 0.29) is 5.91 Å². The molecule has 1 heterocycles. The van der Waals surface area contributed by atoms with Gasteiger partial charge in [0.2, 0.25) is 11.8 Å². The van der Waals surface area contributed by atoms with Crippen molar-refractivity contribution in [1.82, 2.24) is 4.90 Å². The smallest absolute Gasteiger partial charge is 0.319 e. The van der Waals surface area contributed by atoms with Crippen LogP contribution in [0, 0.1) is 5.41 Å². The van der Waals surface area contributed by atoms with Gasteiger partial charge in [-0.25, -0.2) is 0 Å². The Bertz CT molecular complexity index is 649. The highest BCUT2D eigenvalue weighted by atomic mass is 32.2. The van der Waals surface area contributed by atoms with E-state index in [2.05, 4.69) is 5.32 Å². The van der Waals surface area contributed by atoms with Crippen molar-refractivity contribution < 1.29 is 19.5 Å². The molecule has 2 aliphatic rings. The molecule has 2 amide bonds. The van der Waals surface area contributed by atoms with E-state index in [0.717, 1.165) is 30.2 Å². The van der Waals surface area contributed by atoms with Crippen LogP contribution in [0.5, 0.6) is 0 Å². The van der Waals surface area contributed by atoms with Crippen molar-refractivity contribution in [1.29, 1.82) is 0 Å². The first kappa shape index (κ1) is 16.8. The predicted octanol–water partition coefficient (Wildman–Crippen LogP) is 1.61. The van der Waals surface area contributed by atoms with Gasteiger partial charge in [0.05, 0.1) is 6.42 Å². The van der Waals surface area contributed by atoms with Crippen molar-refractivity contribution in [2.24, 2.45) is 5.41 Å². The van der Waals surface area contributed by atoms with E-state index in [1.807, 2.05) is 16.7 Å². The van der Waals surface area contributed by atoms with E-state index >= 15 is 0 Å². The highest BCUT2D eigenvalue weighted by molar-refractivity contribution is 7.99. The Morgan fingerprint density at radius 3 is 2.29 bits per heavy atom. The molecule has 1 aromatic carbocycles. The van der Waals surface area contributed by atoms with Gasteiger partial charge >= 0.3 is 5.97 Å². The third kappa shape index (κ3) is 3.56. The molecule has 128 valence electrons. The van der Waals surface area contributed by atoms with Gasteiger partial charge in [-0.15, -0.1) is 0 Å². The van der Waals surface area contributed by atoms with Crippen LogP contribution in [0.15, 0.2) is 24.3 Å². The summed E-state index contributed by atoms with van der Waals surface area (Å²) < 4.78 is 0. The maximum absolute atomic E-state index is 12.2. The number of hydrogen-bond donors (Lipinski definition) is 2. The van der Waals surface area contributed by atoms with Crippen LogP contribution in [0.3, 0.4) is 0 Å². The molecule has 0 bridgehead atoms. The van der Waals surface area contributed by atoms with E-state index in [4.69, 9.17) is 5.11 Å². The lowest BCUT2D eigenvalue weighted by Gasteiger charge is -2.26. The summed E-state index contributed by atoms with van der Waals surface area (Å²) in [5.41, 5.74) is 0.190. The Kier molecular flexibility index (Phi) is 4.80. The number of anilines is 1. The molecule has 1 saturated heterocycles. The fourth-order valence-electron chi connectivity index (χ4n) is 2.72. The Balaban J connectivity index is 1.56. The van der Waals surface area contributed by atoms with Crippen LogP contribution in [0.4, 0.5) is 5.69 Å². The molecule has 7 heteroatoms. The van der Waals surface area contributed by atoms with E-state index in [1.54, 1.807) is 24.3 Å². The number of carbonyl (C=O) groups is 3. The van der Waals surface area contributed by atoms with Gasteiger partial charge < -0.3 is 15.3 Å². The monoisotopic (exact) mass is 348 g/mol. The summed E-state index contributed by atoms with van der Waals surface area (Å²) >= 11 is 1.86. The molecule has 0 unspecified atom stereocenters. The molecule has 24 heavy (non-hydrogen) atoms. The molecule has 0 radical (unpaired) electrons. The Labute approximate surface area is 144 Å². The molecule has 0 aromatic heterocycles. The van der Waals surface area contributed by atoms with Gasteiger partial charge in [0.15, 0.2) is 0 Å². The molecule has 3 rings (SSSR count). The van der Waals surface area contributed by atoms with Crippen LogP contribution < -0.4 is 5.32 Å². The predicted molar refractivity (Wildman–Crippen MR) is 92.0 cm³/mol. The highest BCUT2D eigenvalue weighted by Gasteiger charge is 2.57. The molecule has 1 saturated carbocycles. The van der Waals surface area contributed by atoms with Crippen molar-refractivity contribution in [3.8, 4) is 0 Å². The maximum atomic E-state index is 12.2. The van der Waals surface area contributed by atoms with Crippen LogP contribution in [-0.4, -0.2) is 52.4 Å². The number of rotatable bonds is 5. The zero-order valence-electron chi connectivity index (χ0n) is 13.3. The van der Waals surface area contributed by atoms with Gasteiger partial charge in [-0.05, 0) is 30.5 Å². The van der Waals surface area contributed by atoms with Crippen LogP contribution in [0.25, 0.3) is 0 Å². The maximum Gasteiger partial charge on any atom is 0.319 e. The van der Waals surface area contributed by atoms with E-state index in [9.17, 15) is 14.4 Å². The number of benzene rings is 1. The van der Waals surface area contributed by atoms with E-state index in [1.165, 1.54) is 0 Å². The van der Waals surface area contributed by atoms with Crippen molar-refractivity contribution in [3.05, 3.63) is 29.8 Å². The first-order valence-electron chi connectivity index (χ1n) is 8.00. The molecule has 0 atom stereocenters. The topological polar surface area (TPSA) is 86.7 Å². The number of nitrogens with zero attached hydrogens (tertiary/aromatic N) is 1. The average molecular weight is 348 g/mol. The number of nitrogens with one attached hydrogen (secondary N) is 1. The number of carbonyl (C=O) groups excluding carboxylic acids is 2. The first-order chi connectivity index (χ1) is 11.5. The molecule has 2 fully saturated rings. The summed E-state index contributed by atoms with van der Waals surface area (Å²) in [5.74, 6) is 0.561. The normalized spacial score (nSPS) is 18.8. The minimum Gasteiger partial charge on any atom is -0.480 e. The molecule has 1 aromatic rings. The number of amides is 2. The van der Waals surface area contributed by atoms with Gasteiger partial charge in [-0.1, -0.05) is 12.1 Å². The first-order valence-corrected chi connectivity index (χ1v) is 9.16. The van der Waals surface area contributed by atoms with Crippen LogP contribution >= 0.6 is 11.8 Å². The molecule has 1 aliphatic heterocycles. The van der Waals surface area contributed by atoms with Crippen LogP contribution in [0.1, 0.15) is 18.4 Å². The molecular weight excluding hydrogens is 328 g/mol. The Hall–Kier alpha value is -2.02. The van der Waals surface area contributed by atoms with Crippen molar-refractivity contribution in [3.63, 3.8) is 0 Å². The second-order valence-electron chi connectivity index (χ2n) is 6.21. The van der Waals surface area contributed by atoms with E-state index < -0.39 is 17.3 Å². The number of thioether (sulfide) groups is 1. The van der Waals surface area contributed by atoms with Crippen LogP contribution in [0.2, 0.25) is 0 Å². The SMILES string of the molecule is O=C(Cc1ccc(NC(=O)C2(C(=O)O)CC2)cc1)N1CCSCC1.